The van der Waals surface area contributed by atoms with Gasteiger partial charge >= 0.3 is 0 Å². The van der Waals surface area contributed by atoms with Gasteiger partial charge < -0.3 is 13.9 Å². The van der Waals surface area contributed by atoms with Crippen LogP contribution in [0.1, 0.15) is 0 Å². The topological polar surface area (TPSA) is 48.7 Å². The lowest BCUT2D eigenvalue weighted by molar-refractivity contribution is 0.414. The van der Waals surface area contributed by atoms with Gasteiger partial charge in [-0.2, -0.15) is 0 Å². The van der Waals surface area contributed by atoms with Crippen LogP contribution in [0.15, 0.2) is 57.7 Å². The standard InChI is InChI=1S/C17H14O4/c1-19-13-7-4-3-6-11(13)16-10-12(18)17-14(20-2)8-5-9-15(17)21-16/h3-10H,1-2H3. The van der Waals surface area contributed by atoms with Crippen LogP contribution in [0.5, 0.6) is 11.5 Å². The maximum Gasteiger partial charge on any atom is 0.197 e. The van der Waals surface area contributed by atoms with Crippen molar-refractivity contribution >= 4 is 11.0 Å². The van der Waals surface area contributed by atoms with E-state index in [-0.39, 0.29) is 5.43 Å². The van der Waals surface area contributed by atoms with Crippen molar-refractivity contribution in [3.8, 4) is 22.8 Å². The molecule has 0 aliphatic rings. The highest BCUT2D eigenvalue weighted by atomic mass is 16.5. The van der Waals surface area contributed by atoms with E-state index >= 15 is 0 Å². The highest BCUT2D eigenvalue weighted by Crippen LogP contribution is 2.32. The molecule has 0 aliphatic carbocycles. The molecule has 4 heteroatoms. The summed E-state index contributed by atoms with van der Waals surface area (Å²) >= 11 is 0. The molecule has 0 N–H and O–H groups in total. The van der Waals surface area contributed by atoms with Gasteiger partial charge in [0.1, 0.15) is 28.2 Å². The summed E-state index contributed by atoms with van der Waals surface area (Å²) in [6.45, 7) is 0. The van der Waals surface area contributed by atoms with E-state index in [0.29, 0.717) is 28.2 Å². The van der Waals surface area contributed by atoms with Gasteiger partial charge in [-0.15, -0.1) is 0 Å². The van der Waals surface area contributed by atoms with Gasteiger partial charge in [-0.3, -0.25) is 4.79 Å². The summed E-state index contributed by atoms with van der Waals surface area (Å²) in [6.07, 6.45) is 0. The second-order valence-electron chi connectivity index (χ2n) is 4.51. The molecular weight excluding hydrogens is 268 g/mol. The summed E-state index contributed by atoms with van der Waals surface area (Å²) in [5.74, 6) is 1.63. The van der Waals surface area contributed by atoms with E-state index in [9.17, 15) is 4.79 Å². The fourth-order valence-electron chi connectivity index (χ4n) is 2.33. The monoisotopic (exact) mass is 282 g/mol. The predicted octanol–water partition coefficient (Wildman–Crippen LogP) is 3.48. The summed E-state index contributed by atoms with van der Waals surface area (Å²) in [5.41, 5.74) is 1.08. The number of ether oxygens (including phenoxy) is 2. The second kappa shape index (κ2) is 5.32. The Kier molecular flexibility index (Phi) is 3.36. The first-order valence-corrected chi connectivity index (χ1v) is 6.49. The predicted molar refractivity (Wildman–Crippen MR) is 81.0 cm³/mol. The number of hydrogen-bond donors (Lipinski definition) is 0. The van der Waals surface area contributed by atoms with E-state index in [4.69, 9.17) is 13.9 Å². The van der Waals surface area contributed by atoms with Crippen LogP contribution in [0.25, 0.3) is 22.3 Å². The third kappa shape index (κ3) is 2.25. The van der Waals surface area contributed by atoms with Crippen LogP contribution in [0, 0.1) is 0 Å². The van der Waals surface area contributed by atoms with Gasteiger partial charge in [0, 0.05) is 6.07 Å². The van der Waals surface area contributed by atoms with Crippen molar-refractivity contribution in [1.29, 1.82) is 0 Å². The molecule has 0 bridgehead atoms. The summed E-state index contributed by atoms with van der Waals surface area (Å²) in [4.78, 5) is 12.4. The largest absolute Gasteiger partial charge is 0.496 e. The van der Waals surface area contributed by atoms with Crippen LogP contribution in [-0.2, 0) is 0 Å². The number of hydrogen-bond acceptors (Lipinski definition) is 4. The smallest absolute Gasteiger partial charge is 0.197 e. The SMILES string of the molecule is COc1ccccc1-c1cc(=O)c2c(OC)cccc2o1. The van der Waals surface area contributed by atoms with Gasteiger partial charge in [0.15, 0.2) is 5.43 Å². The fraction of sp³-hybridized carbons (Fsp3) is 0.118. The molecule has 0 atom stereocenters. The van der Waals surface area contributed by atoms with Crippen molar-refractivity contribution < 1.29 is 13.9 Å². The van der Waals surface area contributed by atoms with Crippen LogP contribution in [-0.4, -0.2) is 14.2 Å². The Hall–Kier alpha value is -2.75. The average Bonchev–Trinajstić information content (AvgIpc) is 2.54. The van der Waals surface area contributed by atoms with Crippen molar-refractivity contribution in [1.82, 2.24) is 0 Å². The molecule has 21 heavy (non-hydrogen) atoms. The van der Waals surface area contributed by atoms with E-state index < -0.39 is 0 Å². The molecule has 2 aromatic carbocycles. The van der Waals surface area contributed by atoms with Crippen LogP contribution in [0.2, 0.25) is 0 Å². The van der Waals surface area contributed by atoms with E-state index in [1.807, 2.05) is 24.3 Å². The molecule has 1 heterocycles. The van der Waals surface area contributed by atoms with Crippen molar-refractivity contribution in [2.24, 2.45) is 0 Å². The van der Waals surface area contributed by atoms with Crippen molar-refractivity contribution in [3.63, 3.8) is 0 Å². The molecule has 4 nitrogen and oxygen atoms in total. The number of fused-ring (bicyclic) bond motifs is 1. The van der Waals surface area contributed by atoms with Gasteiger partial charge in [0.25, 0.3) is 0 Å². The molecule has 1 aromatic heterocycles. The normalized spacial score (nSPS) is 10.6. The van der Waals surface area contributed by atoms with Crippen LogP contribution >= 0.6 is 0 Å². The molecule has 0 spiro atoms. The van der Waals surface area contributed by atoms with E-state index in [2.05, 4.69) is 0 Å². The molecule has 3 aromatic rings. The maximum atomic E-state index is 12.4. The number of para-hydroxylation sites is 1. The van der Waals surface area contributed by atoms with Gasteiger partial charge in [-0.05, 0) is 24.3 Å². The lowest BCUT2D eigenvalue weighted by Crippen LogP contribution is -2.03. The second-order valence-corrected chi connectivity index (χ2v) is 4.51. The van der Waals surface area contributed by atoms with Gasteiger partial charge in [0.05, 0.1) is 19.8 Å². The first-order chi connectivity index (χ1) is 10.2. The van der Waals surface area contributed by atoms with Gasteiger partial charge in [-0.25, -0.2) is 0 Å². The average molecular weight is 282 g/mol. The Bertz CT molecular complexity index is 849. The molecular formula is C17H14O4. The summed E-state index contributed by atoms with van der Waals surface area (Å²) < 4.78 is 16.4. The Morgan fingerprint density at radius 2 is 1.62 bits per heavy atom. The number of benzene rings is 2. The van der Waals surface area contributed by atoms with Crippen molar-refractivity contribution in [2.75, 3.05) is 14.2 Å². The molecule has 0 saturated heterocycles. The lowest BCUT2D eigenvalue weighted by atomic mass is 10.1. The highest BCUT2D eigenvalue weighted by molar-refractivity contribution is 5.85. The first kappa shape index (κ1) is 13.2. The molecule has 106 valence electrons. The van der Waals surface area contributed by atoms with Crippen LogP contribution in [0.4, 0.5) is 0 Å². The quantitative estimate of drug-likeness (QED) is 0.738. The number of methoxy groups -OCH3 is 2. The highest BCUT2D eigenvalue weighted by Gasteiger charge is 2.13. The van der Waals surface area contributed by atoms with Crippen molar-refractivity contribution in [2.45, 2.75) is 0 Å². The summed E-state index contributed by atoms with van der Waals surface area (Å²) in [5, 5.41) is 0.443. The minimum Gasteiger partial charge on any atom is -0.496 e. The molecule has 0 unspecified atom stereocenters. The zero-order valence-corrected chi connectivity index (χ0v) is 11.8. The van der Waals surface area contributed by atoms with E-state index in [1.54, 1.807) is 25.3 Å². The third-order valence-corrected chi connectivity index (χ3v) is 3.31. The molecule has 0 radical (unpaired) electrons. The third-order valence-electron chi connectivity index (χ3n) is 3.31. The number of rotatable bonds is 3. The van der Waals surface area contributed by atoms with E-state index in [0.717, 1.165) is 5.56 Å². The molecule has 0 saturated carbocycles. The molecule has 3 rings (SSSR count). The minimum absolute atomic E-state index is 0.144. The van der Waals surface area contributed by atoms with Gasteiger partial charge in [0.2, 0.25) is 0 Å². The van der Waals surface area contributed by atoms with Crippen LogP contribution < -0.4 is 14.9 Å². The minimum atomic E-state index is -0.144. The van der Waals surface area contributed by atoms with Crippen molar-refractivity contribution in [3.05, 3.63) is 58.8 Å². The van der Waals surface area contributed by atoms with Crippen LogP contribution in [0.3, 0.4) is 0 Å². The molecule has 0 fully saturated rings. The molecule has 0 aliphatic heterocycles. The fourth-order valence-corrected chi connectivity index (χ4v) is 2.33. The lowest BCUT2D eigenvalue weighted by Gasteiger charge is -2.09. The maximum absolute atomic E-state index is 12.4. The zero-order valence-electron chi connectivity index (χ0n) is 11.8. The zero-order chi connectivity index (χ0) is 14.8. The Morgan fingerprint density at radius 1 is 0.905 bits per heavy atom. The Balaban J connectivity index is 2.29. The molecule has 0 amide bonds. The summed E-state index contributed by atoms with van der Waals surface area (Å²) in [7, 11) is 3.11. The Morgan fingerprint density at radius 3 is 2.38 bits per heavy atom. The first-order valence-electron chi connectivity index (χ1n) is 6.49. The Labute approximate surface area is 121 Å². The van der Waals surface area contributed by atoms with E-state index in [1.165, 1.54) is 13.2 Å². The summed E-state index contributed by atoms with van der Waals surface area (Å²) in [6, 6.07) is 14.1. The van der Waals surface area contributed by atoms with Gasteiger partial charge in [-0.1, -0.05) is 18.2 Å².